The first kappa shape index (κ1) is 26.8. The molecule has 210 valence electrons. The SMILES string of the molecule is CCCCCOc1cccc(C2C(=C(O)c3ccc4c(c3)OCCO4)C(=O)C(=O)N2c2nc3ccc(C)cc3s2)c1. The van der Waals surface area contributed by atoms with E-state index in [9.17, 15) is 14.7 Å². The molecule has 3 heterocycles. The number of amides is 1. The maximum Gasteiger partial charge on any atom is 0.301 e. The molecule has 1 unspecified atom stereocenters. The Hall–Kier alpha value is -4.37. The molecular formula is C32H30N2O6S. The van der Waals surface area contributed by atoms with Crippen molar-refractivity contribution >= 4 is 44.1 Å². The number of nitrogens with zero attached hydrogens (tertiary/aromatic N) is 2. The fourth-order valence-corrected chi connectivity index (χ4v) is 6.22. The molecule has 0 saturated carbocycles. The lowest BCUT2D eigenvalue weighted by atomic mass is 9.95. The normalized spacial score (nSPS) is 17.8. The summed E-state index contributed by atoms with van der Waals surface area (Å²) in [6.07, 6.45) is 3.07. The van der Waals surface area contributed by atoms with Gasteiger partial charge in [0.2, 0.25) is 0 Å². The van der Waals surface area contributed by atoms with Crippen LogP contribution < -0.4 is 19.1 Å². The molecule has 2 aliphatic heterocycles. The van der Waals surface area contributed by atoms with Gasteiger partial charge in [-0.1, -0.05) is 49.3 Å². The van der Waals surface area contributed by atoms with Crippen molar-refractivity contribution in [3.05, 3.63) is 82.9 Å². The molecule has 4 aromatic rings. The van der Waals surface area contributed by atoms with Gasteiger partial charge in [-0.05, 0) is 66.9 Å². The number of ketones is 1. The third kappa shape index (κ3) is 5.13. The van der Waals surface area contributed by atoms with Crippen LogP contribution >= 0.6 is 11.3 Å². The van der Waals surface area contributed by atoms with Crippen molar-refractivity contribution in [2.75, 3.05) is 24.7 Å². The highest BCUT2D eigenvalue weighted by Crippen LogP contribution is 2.45. The largest absolute Gasteiger partial charge is 0.507 e. The number of unbranched alkanes of at least 4 members (excludes halogenated alkanes) is 2. The first-order valence-electron chi connectivity index (χ1n) is 13.8. The molecule has 2 aliphatic rings. The van der Waals surface area contributed by atoms with Gasteiger partial charge in [0.1, 0.15) is 24.7 Å². The van der Waals surface area contributed by atoms with Crippen LogP contribution in [0, 0.1) is 6.92 Å². The topological polar surface area (TPSA) is 98.2 Å². The molecule has 0 radical (unpaired) electrons. The second kappa shape index (κ2) is 11.2. The zero-order chi connectivity index (χ0) is 28.5. The van der Waals surface area contributed by atoms with Gasteiger partial charge in [-0.2, -0.15) is 0 Å². The van der Waals surface area contributed by atoms with E-state index in [2.05, 4.69) is 6.92 Å². The smallest absolute Gasteiger partial charge is 0.301 e. The number of benzene rings is 3. The van der Waals surface area contributed by atoms with Gasteiger partial charge in [0.05, 0.1) is 28.4 Å². The maximum absolute atomic E-state index is 13.7. The highest BCUT2D eigenvalue weighted by Gasteiger charge is 2.48. The van der Waals surface area contributed by atoms with Crippen LogP contribution in [0.25, 0.3) is 16.0 Å². The van der Waals surface area contributed by atoms with Crippen molar-refractivity contribution in [2.45, 2.75) is 39.2 Å². The van der Waals surface area contributed by atoms with Gasteiger partial charge in [-0.3, -0.25) is 14.5 Å². The van der Waals surface area contributed by atoms with E-state index in [0.29, 0.717) is 53.3 Å². The summed E-state index contributed by atoms with van der Waals surface area (Å²) in [5.74, 6) is -0.175. The van der Waals surface area contributed by atoms with E-state index in [1.165, 1.54) is 16.2 Å². The Bertz CT molecular complexity index is 1680. The second-order valence-corrected chi connectivity index (χ2v) is 11.1. The number of hydrogen-bond donors (Lipinski definition) is 1. The molecule has 1 N–H and O–H groups in total. The number of fused-ring (bicyclic) bond motifs is 2. The third-order valence-electron chi connectivity index (χ3n) is 7.19. The Morgan fingerprint density at radius 3 is 2.71 bits per heavy atom. The molecule has 1 saturated heterocycles. The highest BCUT2D eigenvalue weighted by molar-refractivity contribution is 7.22. The van der Waals surface area contributed by atoms with E-state index in [1.54, 1.807) is 18.2 Å². The van der Waals surface area contributed by atoms with Crippen LogP contribution in [0.3, 0.4) is 0 Å². The van der Waals surface area contributed by atoms with E-state index < -0.39 is 17.7 Å². The molecule has 1 aromatic heterocycles. The summed E-state index contributed by atoms with van der Waals surface area (Å²) < 4.78 is 18.2. The van der Waals surface area contributed by atoms with E-state index in [-0.39, 0.29) is 11.3 Å². The summed E-state index contributed by atoms with van der Waals surface area (Å²) in [5, 5.41) is 12.0. The first-order valence-corrected chi connectivity index (χ1v) is 14.6. The Labute approximate surface area is 241 Å². The summed E-state index contributed by atoms with van der Waals surface area (Å²) in [7, 11) is 0. The molecular weight excluding hydrogens is 540 g/mol. The zero-order valence-corrected chi connectivity index (χ0v) is 23.7. The van der Waals surface area contributed by atoms with Crippen molar-refractivity contribution < 1.29 is 28.9 Å². The minimum atomic E-state index is -0.913. The molecule has 0 spiro atoms. The number of hydrogen-bond acceptors (Lipinski definition) is 8. The Morgan fingerprint density at radius 1 is 1.05 bits per heavy atom. The molecule has 1 atom stereocenters. The van der Waals surface area contributed by atoms with Crippen molar-refractivity contribution in [3.63, 3.8) is 0 Å². The molecule has 3 aromatic carbocycles. The van der Waals surface area contributed by atoms with Gasteiger partial charge in [0, 0.05) is 5.56 Å². The maximum atomic E-state index is 13.7. The summed E-state index contributed by atoms with van der Waals surface area (Å²) >= 11 is 1.33. The van der Waals surface area contributed by atoms with Gasteiger partial charge in [-0.15, -0.1) is 0 Å². The number of aliphatic hydroxyl groups excluding tert-OH is 1. The quantitative estimate of drug-likeness (QED) is 0.111. The van der Waals surface area contributed by atoms with Gasteiger partial charge in [0.25, 0.3) is 5.78 Å². The molecule has 1 fully saturated rings. The second-order valence-electron chi connectivity index (χ2n) is 10.1. The number of aromatic nitrogens is 1. The van der Waals surface area contributed by atoms with E-state index >= 15 is 0 Å². The monoisotopic (exact) mass is 570 g/mol. The highest BCUT2D eigenvalue weighted by atomic mass is 32.1. The van der Waals surface area contributed by atoms with E-state index in [4.69, 9.17) is 19.2 Å². The number of carbonyl (C=O) groups excluding carboxylic acids is 2. The summed E-state index contributed by atoms with van der Waals surface area (Å²) in [4.78, 5) is 33.4. The van der Waals surface area contributed by atoms with Crippen LogP contribution in [0.15, 0.2) is 66.2 Å². The average Bonchev–Trinajstić information content (AvgIpc) is 3.52. The van der Waals surface area contributed by atoms with E-state index in [0.717, 1.165) is 35.0 Å². The Balaban J connectivity index is 1.48. The number of thiazole rings is 1. The Kier molecular flexibility index (Phi) is 7.36. The Morgan fingerprint density at radius 2 is 1.88 bits per heavy atom. The number of ether oxygens (including phenoxy) is 3. The zero-order valence-electron chi connectivity index (χ0n) is 22.9. The molecule has 41 heavy (non-hydrogen) atoms. The molecule has 0 bridgehead atoms. The number of aliphatic hydroxyl groups is 1. The molecule has 1 amide bonds. The number of rotatable bonds is 8. The van der Waals surface area contributed by atoms with Crippen LogP contribution in [0.4, 0.5) is 5.13 Å². The van der Waals surface area contributed by atoms with Crippen LogP contribution in [-0.4, -0.2) is 41.6 Å². The minimum Gasteiger partial charge on any atom is -0.507 e. The molecule has 8 nitrogen and oxygen atoms in total. The molecule has 6 rings (SSSR count). The predicted octanol–water partition coefficient (Wildman–Crippen LogP) is 6.57. The number of anilines is 1. The van der Waals surface area contributed by atoms with Crippen molar-refractivity contribution in [2.24, 2.45) is 0 Å². The first-order chi connectivity index (χ1) is 19.9. The van der Waals surface area contributed by atoms with Crippen LogP contribution in [0.2, 0.25) is 0 Å². The van der Waals surface area contributed by atoms with Gasteiger partial charge >= 0.3 is 5.91 Å². The lowest BCUT2D eigenvalue weighted by Gasteiger charge is -2.24. The van der Waals surface area contributed by atoms with Crippen LogP contribution in [0.5, 0.6) is 17.2 Å². The molecule has 0 aliphatic carbocycles. The van der Waals surface area contributed by atoms with Gasteiger partial charge < -0.3 is 19.3 Å². The standard InChI is InChI=1S/C32H30N2O6S/c1-3-4-5-13-38-22-8-6-7-20(17-22)28-27(29(35)21-10-12-24-25(18-21)40-15-14-39-24)30(36)31(37)34(28)32-33-23-11-9-19(2)16-26(23)41-32/h6-12,16-18,28,35H,3-5,13-15H2,1-2H3. The van der Waals surface area contributed by atoms with Gasteiger partial charge in [0.15, 0.2) is 16.6 Å². The van der Waals surface area contributed by atoms with Crippen LogP contribution in [0.1, 0.15) is 48.9 Å². The average molecular weight is 571 g/mol. The fraction of sp³-hybridized carbons (Fsp3) is 0.281. The molecule has 9 heteroatoms. The van der Waals surface area contributed by atoms with E-state index in [1.807, 2.05) is 49.4 Å². The predicted molar refractivity (Wildman–Crippen MR) is 158 cm³/mol. The summed E-state index contributed by atoms with van der Waals surface area (Å²) in [6.45, 7) is 5.50. The lowest BCUT2D eigenvalue weighted by molar-refractivity contribution is -0.132. The number of aryl methyl sites for hydroxylation is 1. The van der Waals surface area contributed by atoms with Crippen molar-refractivity contribution in [3.8, 4) is 17.2 Å². The van der Waals surface area contributed by atoms with Crippen molar-refractivity contribution in [1.29, 1.82) is 0 Å². The number of Topliss-reactive ketones (excluding diaryl/α,β-unsaturated/α-hetero) is 1. The number of carbonyl (C=O) groups is 2. The van der Waals surface area contributed by atoms with Crippen LogP contribution in [-0.2, 0) is 9.59 Å². The minimum absolute atomic E-state index is 0.0229. The summed E-state index contributed by atoms with van der Waals surface area (Å²) in [5.41, 5.74) is 2.76. The lowest BCUT2D eigenvalue weighted by Crippen LogP contribution is -2.29. The third-order valence-corrected chi connectivity index (χ3v) is 8.21. The fourth-order valence-electron chi connectivity index (χ4n) is 5.13. The van der Waals surface area contributed by atoms with Gasteiger partial charge in [-0.25, -0.2) is 4.98 Å². The summed E-state index contributed by atoms with van der Waals surface area (Å²) in [6, 6.07) is 17.2. The van der Waals surface area contributed by atoms with Crippen molar-refractivity contribution in [1.82, 2.24) is 4.98 Å².